The van der Waals surface area contributed by atoms with Crippen LogP contribution in [0.25, 0.3) is 21.5 Å². The molecule has 0 aliphatic heterocycles. The zero-order chi connectivity index (χ0) is 20.3. The molecule has 4 rings (SSSR count). The van der Waals surface area contributed by atoms with Crippen molar-refractivity contribution in [1.82, 2.24) is 10.5 Å². The van der Waals surface area contributed by atoms with Crippen LogP contribution in [0, 0.1) is 0 Å². The number of fused-ring (bicyclic) bond motifs is 1. The van der Waals surface area contributed by atoms with Gasteiger partial charge in [0.05, 0.1) is 0 Å². The minimum Gasteiger partial charge on any atom is -0.491 e. The van der Waals surface area contributed by atoms with Gasteiger partial charge in [-0.05, 0) is 43.0 Å². The minimum atomic E-state index is -1.01. The van der Waals surface area contributed by atoms with Gasteiger partial charge in [-0.3, -0.25) is 0 Å². The maximum Gasteiger partial charge on any atom is 0.178 e. The summed E-state index contributed by atoms with van der Waals surface area (Å²) in [5, 5.41) is 20.3. The first-order valence-corrected chi connectivity index (χ1v) is 10.5. The lowest BCUT2D eigenvalue weighted by Gasteiger charge is -2.26. The average molecular weight is 409 g/mol. The third-order valence-corrected chi connectivity index (χ3v) is 5.73. The molecule has 29 heavy (non-hydrogen) atoms. The summed E-state index contributed by atoms with van der Waals surface area (Å²) in [5.41, 5.74) is 2.71. The fraction of sp³-hybridized carbons (Fsp3) is 0.261. The van der Waals surface area contributed by atoms with Gasteiger partial charge in [-0.25, -0.2) is 0 Å². The number of rotatable bonds is 8. The molecular formula is C23H24N2O3S. The molecule has 6 heteroatoms. The van der Waals surface area contributed by atoms with Gasteiger partial charge in [-0.1, -0.05) is 47.6 Å². The molecule has 5 nitrogen and oxygen atoms in total. The second-order valence-corrected chi connectivity index (χ2v) is 8.39. The first kappa shape index (κ1) is 19.6. The van der Waals surface area contributed by atoms with Crippen LogP contribution in [-0.2, 0) is 0 Å². The van der Waals surface area contributed by atoms with E-state index in [-0.39, 0.29) is 12.6 Å². The van der Waals surface area contributed by atoms with E-state index in [0.717, 1.165) is 21.5 Å². The number of hydrogen-bond acceptors (Lipinski definition) is 6. The van der Waals surface area contributed by atoms with Crippen molar-refractivity contribution in [3.05, 3.63) is 71.6 Å². The van der Waals surface area contributed by atoms with Gasteiger partial charge in [0.1, 0.15) is 28.4 Å². The van der Waals surface area contributed by atoms with Gasteiger partial charge in [0, 0.05) is 18.2 Å². The van der Waals surface area contributed by atoms with E-state index in [1.54, 1.807) is 18.3 Å². The summed E-state index contributed by atoms with van der Waals surface area (Å²) in [5.74, 6) is 0.687. The van der Waals surface area contributed by atoms with E-state index in [1.807, 2.05) is 53.9 Å². The molecule has 0 aliphatic rings. The Balaban J connectivity index is 1.37. The van der Waals surface area contributed by atoms with Crippen LogP contribution in [0.15, 0.2) is 70.6 Å². The predicted molar refractivity (Wildman–Crippen MR) is 116 cm³/mol. The predicted octanol–water partition coefficient (Wildman–Crippen LogP) is 5.04. The van der Waals surface area contributed by atoms with E-state index in [4.69, 9.17) is 9.26 Å². The second kappa shape index (κ2) is 8.37. The monoisotopic (exact) mass is 408 g/mol. The highest BCUT2D eigenvalue weighted by atomic mass is 32.1. The van der Waals surface area contributed by atoms with Gasteiger partial charge >= 0.3 is 0 Å². The van der Waals surface area contributed by atoms with Gasteiger partial charge < -0.3 is 19.7 Å². The normalized spacial score (nSPS) is 14.6. The van der Waals surface area contributed by atoms with Crippen molar-refractivity contribution in [3.63, 3.8) is 0 Å². The fourth-order valence-electron chi connectivity index (χ4n) is 3.12. The van der Waals surface area contributed by atoms with Crippen molar-refractivity contribution in [2.45, 2.75) is 25.5 Å². The van der Waals surface area contributed by atoms with Crippen molar-refractivity contribution in [1.29, 1.82) is 0 Å². The third-order valence-electron chi connectivity index (χ3n) is 4.83. The first-order valence-electron chi connectivity index (χ1n) is 9.59. The minimum absolute atomic E-state index is 0.145. The Bertz CT molecular complexity index is 1070. The van der Waals surface area contributed by atoms with Gasteiger partial charge in [0.25, 0.3) is 0 Å². The molecule has 2 N–H and O–H groups in total. The molecule has 0 bridgehead atoms. The molecule has 2 aromatic heterocycles. The van der Waals surface area contributed by atoms with Gasteiger partial charge in [0.15, 0.2) is 5.58 Å². The maximum atomic E-state index is 10.7. The summed E-state index contributed by atoms with van der Waals surface area (Å²) in [4.78, 5) is 0. The highest BCUT2D eigenvalue weighted by molar-refractivity contribution is 7.17. The molecule has 2 atom stereocenters. The lowest BCUT2D eigenvalue weighted by atomic mass is 10.1. The lowest BCUT2D eigenvalue weighted by Crippen LogP contribution is -2.43. The summed E-state index contributed by atoms with van der Waals surface area (Å²) >= 11 is 1.60. The largest absolute Gasteiger partial charge is 0.491 e. The molecule has 4 aromatic rings. The molecule has 0 fully saturated rings. The smallest absolute Gasteiger partial charge is 0.178 e. The zero-order valence-corrected chi connectivity index (χ0v) is 17.3. The number of aromatic nitrogens is 1. The molecule has 0 saturated carbocycles. The topological polar surface area (TPSA) is 67.5 Å². The van der Waals surface area contributed by atoms with Crippen LogP contribution < -0.4 is 10.1 Å². The highest BCUT2D eigenvalue weighted by Crippen LogP contribution is 2.33. The Hall–Kier alpha value is -2.67. The SMILES string of the molecule is CC(NC[C@@](C)(O)COc1cccc(-c2noc3ccsc23)c1)c1ccccc1. The number of benzene rings is 2. The summed E-state index contributed by atoms with van der Waals surface area (Å²) in [6, 6.07) is 19.9. The molecule has 0 spiro atoms. The van der Waals surface area contributed by atoms with E-state index in [0.29, 0.717) is 12.3 Å². The number of nitrogens with zero attached hydrogens (tertiary/aromatic N) is 1. The van der Waals surface area contributed by atoms with Gasteiger partial charge in [-0.2, -0.15) is 0 Å². The van der Waals surface area contributed by atoms with Crippen molar-refractivity contribution >= 4 is 21.6 Å². The molecule has 0 aliphatic carbocycles. The van der Waals surface area contributed by atoms with Crippen molar-refractivity contribution in [2.75, 3.05) is 13.2 Å². The van der Waals surface area contributed by atoms with E-state index < -0.39 is 5.60 Å². The molecule has 0 saturated heterocycles. The number of ether oxygens (including phenoxy) is 1. The van der Waals surface area contributed by atoms with Gasteiger partial charge in [-0.15, -0.1) is 11.3 Å². The van der Waals surface area contributed by atoms with Crippen LogP contribution >= 0.6 is 11.3 Å². The van der Waals surface area contributed by atoms with Crippen LogP contribution in [0.4, 0.5) is 0 Å². The lowest BCUT2D eigenvalue weighted by molar-refractivity contribution is 0.0105. The Morgan fingerprint density at radius 2 is 2.00 bits per heavy atom. The number of thiophene rings is 1. The molecule has 0 radical (unpaired) electrons. The molecule has 2 heterocycles. The second-order valence-electron chi connectivity index (χ2n) is 7.47. The average Bonchev–Trinajstić information content (AvgIpc) is 3.35. The molecule has 1 unspecified atom stereocenters. The van der Waals surface area contributed by atoms with E-state index in [9.17, 15) is 5.11 Å². The Morgan fingerprint density at radius 1 is 1.17 bits per heavy atom. The van der Waals surface area contributed by atoms with Crippen LogP contribution in [-0.4, -0.2) is 29.0 Å². The first-order chi connectivity index (χ1) is 14.0. The molecule has 0 amide bonds. The maximum absolute atomic E-state index is 10.7. The molecule has 150 valence electrons. The highest BCUT2D eigenvalue weighted by Gasteiger charge is 2.23. The van der Waals surface area contributed by atoms with E-state index in [2.05, 4.69) is 29.5 Å². The Kier molecular flexibility index (Phi) is 5.67. The van der Waals surface area contributed by atoms with E-state index >= 15 is 0 Å². The van der Waals surface area contributed by atoms with Crippen LogP contribution in [0.2, 0.25) is 0 Å². The number of aliphatic hydroxyl groups is 1. The third kappa shape index (κ3) is 4.67. The standard InChI is InChI=1S/C23H24N2O3S/c1-16(17-7-4-3-5-8-17)24-14-23(2,26)15-27-19-10-6-9-18(13-19)21-22-20(28-25-21)11-12-29-22/h3-13,16,24,26H,14-15H2,1-2H3/t16?,23-/m1/s1. The van der Waals surface area contributed by atoms with Crippen molar-refractivity contribution in [3.8, 4) is 17.0 Å². The van der Waals surface area contributed by atoms with Crippen molar-refractivity contribution in [2.24, 2.45) is 0 Å². The van der Waals surface area contributed by atoms with Crippen LogP contribution in [0.3, 0.4) is 0 Å². The van der Waals surface area contributed by atoms with Crippen molar-refractivity contribution < 1.29 is 14.4 Å². The van der Waals surface area contributed by atoms with Crippen LogP contribution in [0.5, 0.6) is 5.75 Å². The van der Waals surface area contributed by atoms with E-state index in [1.165, 1.54) is 5.56 Å². The fourth-order valence-corrected chi connectivity index (χ4v) is 3.93. The summed E-state index contributed by atoms with van der Waals surface area (Å²) < 4.78 is 12.3. The quantitative estimate of drug-likeness (QED) is 0.428. The summed E-state index contributed by atoms with van der Waals surface area (Å²) in [7, 11) is 0. The number of hydrogen-bond donors (Lipinski definition) is 2. The summed E-state index contributed by atoms with van der Waals surface area (Å²) in [6.45, 7) is 4.45. The number of nitrogens with one attached hydrogen (secondary N) is 1. The molecule has 2 aromatic carbocycles. The Labute approximate surface area is 173 Å². The Morgan fingerprint density at radius 3 is 2.83 bits per heavy atom. The molecular weight excluding hydrogens is 384 g/mol. The van der Waals surface area contributed by atoms with Crippen LogP contribution in [0.1, 0.15) is 25.5 Å². The summed E-state index contributed by atoms with van der Waals surface area (Å²) in [6.07, 6.45) is 0. The van der Waals surface area contributed by atoms with Gasteiger partial charge in [0.2, 0.25) is 0 Å². The zero-order valence-electron chi connectivity index (χ0n) is 16.5.